The third-order valence-electron chi connectivity index (χ3n) is 0.826. The zero-order valence-electron chi connectivity index (χ0n) is 5.89. The maximum Gasteiger partial charge on any atom is 0.185 e. The van der Waals surface area contributed by atoms with Crippen LogP contribution in [-0.2, 0) is 4.79 Å². The number of thioether (sulfide) groups is 1. The molecule has 0 amide bonds. The van der Waals surface area contributed by atoms with Gasteiger partial charge in [-0.3, -0.25) is 4.79 Å². The van der Waals surface area contributed by atoms with E-state index in [-0.39, 0.29) is 5.12 Å². The lowest BCUT2D eigenvalue weighted by Crippen LogP contribution is -1.83. The van der Waals surface area contributed by atoms with E-state index < -0.39 is 0 Å². The summed E-state index contributed by atoms with van der Waals surface area (Å²) in [5.41, 5.74) is 0. The van der Waals surface area contributed by atoms with Crippen LogP contribution in [0.4, 0.5) is 0 Å². The topological polar surface area (TPSA) is 17.1 Å². The van der Waals surface area contributed by atoms with Crippen molar-refractivity contribution in [3.05, 3.63) is 12.2 Å². The Kier molecular flexibility index (Phi) is 5.73. The van der Waals surface area contributed by atoms with Gasteiger partial charge in [0, 0.05) is 12.7 Å². The molecule has 0 aliphatic heterocycles. The molecule has 0 bridgehead atoms. The summed E-state index contributed by atoms with van der Waals surface area (Å²) in [6, 6.07) is 0. The van der Waals surface area contributed by atoms with Crippen LogP contribution >= 0.6 is 11.8 Å². The Morgan fingerprint density at radius 2 is 2.33 bits per heavy atom. The molecule has 0 unspecified atom stereocenters. The highest BCUT2D eigenvalue weighted by Gasteiger charge is 1.89. The van der Waals surface area contributed by atoms with E-state index in [1.54, 1.807) is 6.92 Å². The molecule has 0 aromatic carbocycles. The van der Waals surface area contributed by atoms with Crippen LogP contribution < -0.4 is 0 Å². The molecular weight excluding hydrogens is 132 g/mol. The lowest BCUT2D eigenvalue weighted by atomic mass is 10.4. The maximum absolute atomic E-state index is 10.3. The molecule has 9 heavy (non-hydrogen) atoms. The zero-order valence-corrected chi connectivity index (χ0v) is 6.70. The second-order valence-electron chi connectivity index (χ2n) is 1.70. The van der Waals surface area contributed by atoms with Gasteiger partial charge in [0.25, 0.3) is 0 Å². The number of hydrogen-bond acceptors (Lipinski definition) is 2. The van der Waals surface area contributed by atoms with Gasteiger partial charge in [0.1, 0.15) is 0 Å². The van der Waals surface area contributed by atoms with Gasteiger partial charge in [-0.05, 0) is 13.3 Å². The molecule has 0 fully saturated rings. The molecule has 0 saturated carbocycles. The van der Waals surface area contributed by atoms with E-state index in [2.05, 4.69) is 6.08 Å². The third kappa shape index (κ3) is 7.76. The zero-order chi connectivity index (χ0) is 7.11. The second kappa shape index (κ2) is 5.89. The van der Waals surface area contributed by atoms with Crippen LogP contribution in [0.1, 0.15) is 20.3 Å². The van der Waals surface area contributed by atoms with Crippen molar-refractivity contribution in [1.82, 2.24) is 0 Å². The quantitative estimate of drug-likeness (QED) is 0.446. The molecule has 0 N–H and O–H groups in total. The fourth-order valence-corrected chi connectivity index (χ4v) is 0.979. The molecule has 0 spiro atoms. The van der Waals surface area contributed by atoms with E-state index in [9.17, 15) is 4.79 Å². The van der Waals surface area contributed by atoms with Crippen molar-refractivity contribution in [3.63, 3.8) is 0 Å². The summed E-state index contributed by atoms with van der Waals surface area (Å²) in [7, 11) is 0. The summed E-state index contributed by atoms with van der Waals surface area (Å²) in [4.78, 5) is 10.3. The minimum atomic E-state index is 0.208. The lowest BCUT2D eigenvalue weighted by Gasteiger charge is -1.88. The predicted octanol–water partition coefficient (Wildman–Crippen LogP) is 2.23. The highest BCUT2D eigenvalue weighted by molar-refractivity contribution is 8.13. The Morgan fingerprint density at radius 1 is 1.67 bits per heavy atom. The average molecular weight is 144 g/mol. The molecule has 0 radical (unpaired) electrons. The fourth-order valence-electron chi connectivity index (χ4n) is 0.437. The number of rotatable bonds is 3. The Labute approximate surface area is 60.5 Å². The molecule has 0 aliphatic rings. The van der Waals surface area contributed by atoms with Crippen molar-refractivity contribution in [2.24, 2.45) is 0 Å². The van der Waals surface area contributed by atoms with Crippen molar-refractivity contribution < 1.29 is 4.79 Å². The smallest absolute Gasteiger partial charge is 0.185 e. The molecule has 0 rings (SSSR count). The number of allylic oxidation sites excluding steroid dienone is 2. The molecule has 0 atom stereocenters. The van der Waals surface area contributed by atoms with Gasteiger partial charge in [-0.15, -0.1) is 0 Å². The van der Waals surface area contributed by atoms with E-state index in [0.29, 0.717) is 0 Å². The SMILES string of the molecule is CC=CCCSC(C)=O. The fraction of sp³-hybridized carbons (Fsp3) is 0.571. The number of carbonyl (C=O) groups excluding carboxylic acids is 1. The van der Waals surface area contributed by atoms with Gasteiger partial charge >= 0.3 is 0 Å². The Hall–Kier alpha value is -0.240. The van der Waals surface area contributed by atoms with E-state index in [0.717, 1.165) is 12.2 Å². The minimum absolute atomic E-state index is 0.208. The first-order valence-corrected chi connectivity index (χ1v) is 4.00. The van der Waals surface area contributed by atoms with Crippen molar-refractivity contribution in [3.8, 4) is 0 Å². The van der Waals surface area contributed by atoms with Gasteiger partial charge in [0.2, 0.25) is 0 Å². The van der Waals surface area contributed by atoms with Crippen molar-refractivity contribution in [2.45, 2.75) is 20.3 Å². The highest BCUT2D eigenvalue weighted by atomic mass is 32.2. The van der Waals surface area contributed by atoms with Gasteiger partial charge in [-0.1, -0.05) is 23.9 Å². The molecule has 0 aromatic heterocycles. The first kappa shape index (κ1) is 8.76. The molecule has 52 valence electrons. The summed E-state index contributed by atoms with van der Waals surface area (Å²) in [5.74, 6) is 0.916. The standard InChI is InChI=1S/C7H12OS/c1-3-4-5-6-9-7(2)8/h3-4H,5-6H2,1-2H3. The molecule has 1 nitrogen and oxygen atoms in total. The van der Waals surface area contributed by atoms with Crippen LogP contribution in [0.2, 0.25) is 0 Å². The van der Waals surface area contributed by atoms with E-state index in [1.165, 1.54) is 11.8 Å². The summed E-state index contributed by atoms with van der Waals surface area (Å²) < 4.78 is 0. The average Bonchev–Trinajstić information content (AvgIpc) is 1.80. The van der Waals surface area contributed by atoms with Crippen molar-refractivity contribution >= 4 is 16.9 Å². The predicted molar refractivity (Wildman–Crippen MR) is 42.6 cm³/mol. The Bertz CT molecular complexity index is 107. The number of carbonyl (C=O) groups is 1. The van der Waals surface area contributed by atoms with Crippen LogP contribution in [0.15, 0.2) is 12.2 Å². The lowest BCUT2D eigenvalue weighted by molar-refractivity contribution is -0.109. The second-order valence-corrected chi connectivity index (χ2v) is 2.97. The Balaban J connectivity index is 3.01. The monoisotopic (exact) mass is 144 g/mol. The van der Waals surface area contributed by atoms with Crippen LogP contribution in [-0.4, -0.2) is 10.9 Å². The molecule has 0 aromatic rings. The molecular formula is C7H12OS. The van der Waals surface area contributed by atoms with Crippen LogP contribution in [0.5, 0.6) is 0 Å². The van der Waals surface area contributed by atoms with Crippen LogP contribution in [0.25, 0.3) is 0 Å². The summed E-state index contributed by atoms with van der Waals surface area (Å²) in [5, 5.41) is 0.208. The van der Waals surface area contributed by atoms with Gasteiger partial charge in [0.15, 0.2) is 5.12 Å². The summed E-state index contributed by atoms with van der Waals surface area (Å²) >= 11 is 1.38. The van der Waals surface area contributed by atoms with Gasteiger partial charge < -0.3 is 0 Å². The highest BCUT2D eigenvalue weighted by Crippen LogP contribution is 2.02. The first-order valence-electron chi connectivity index (χ1n) is 3.02. The van der Waals surface area contributed by atoms with Crippen molar-refractivity contribution in [1.29, 1.82) is 0 Å². The normalized spacial score (nSPS) is 10.4. The Morgan fingerprint density at radius 3 is 2.78 bits per heavy atom. The largest absolute Gasteiger partial charge is 0.288 e. The van der Waals surface area contributed by atoms with E-state index in [4.69, 9.17) is 0 Å². The third-order valence-corrected chi connectivity index (χ3v) is 1.67. The van der Waals surface area contributed by atoms with Gasteiger partial charge in [0.05, 0.1) is 0 Å². The first-order chi connectivity index (χ1) is 4.27. The molecule has 0 aliphatic carbocycles. The maximum atomic E-state index is 10.3. The van der Waals surface area contributed by atoms with Crippen LogP contribution in [0.3, 0.4) is 0 Å². The number of hydrogen-bond donors (Lipinski definition) is 0. The summed E-state index contributed by atoms with van der Waals surface area (Å²) in [6.45, 7) is 3.58. The van der Waals surface area contributed by atoms with E-state index in [1.807, 2.05) is 13.0 Å². The van der Waals surface area contributed by atoms with Gasteiger partial charge in [-0.2, -0.15) is 0 Å². The van der Waals surface area contributed by atoms with E-state index >= 15 is 0 Å². The minimum Gasteiger partial charge on any atom is -0.288 e. The van der Waals surface area contributed by atoms with Gasteiger partial charge in [-0.25, -0.2) is 0 Å². The summed E-state index contributed by atoms with van der Waals surface area (Å²) in [6.07, 6.45) is 5.07. The van der Waals surface area contributed by atoms with Crippen LogP contribution in [0, 0.1) is 0 Å². The molecule has 2 heteroatoms. The molecule has 0 heterocycles. The van der Waals surface area contributed by atoms with Crippen molar-refractivity contribution in [2.75, 3.05) is 5.75 Å². The molecule has 0 saturated heterocycles.